The Bertz CT molecular complexity index is 829. The summed E-state index contributed by atoms with van der Waals surface area (Å²) in [5.74, 6) is 0.185. The van der Waals surface area contributed by atoms with E-state index < -0.39 is 10.0 Å². The van der Waals surface area contributed by atoms with Crippen molar-refractivity contribution in [1.82, 2.24) is 0 Å². The maximum absolute atomic E-state index is 12.3. The van der Waals surface area contributed by atoms with E-state index in [1.54, 1.807) is 12.1 Å². The fourth-order valence-electron chi connectivity index (χ4n) is 3.49. The molecule has 1 saturated carbocycles. The number of hydrogen-bond acceptors (Lipinski definition) is 6. The predicted molar refractivity (Wildman–Crippen MR) is 97.7 cm³/mol. The van der Waals surface area contributed by atoms with Crippen LogP contribution in [0.25, 0.3) is 0 Å². The zero-order valence-corrected chi connectivity index (χ0v) is 15.4. The number of nitrogens with zero attached hydrogens (tertiary/aromatic N) is 2. The van der Waals surface area contributed by atoms with Crippen LogP contribution in [0.2, 0.25) is 0 Å². The molecule has 8 heteroatoms. The number of carbonyl (C=O) groups is 1. The van der Waals surface area contributed by atoms with Gasteiger partial charge in [0.25, 0.3) is 10.0 Å². The van der Waals surface area contributed by atoms with Gasteiger partial charge >= 0.3 is 5.97 Å². The van der Waals surface area contributed by atoms with Crippen LogP contribution >= 0.6 is 11.8 Å². The molecule has 0 radical (unpaired) electrons. The smallest absolute Gasteiger partial charge is 0.338 e. The number of esters is 1. The van der Waals surface area contributed by atoms with Gasteiger partial charge in [-0.1, -0.05) is 19.3 Å². The molecule has 4 rings (SSSR count). The molecule has 0 N–H and O–H groups in total. The topological polar surface area (TPSA) is 76.0 Å². The first-order chi connectivity index (χ1) is 12.0. The molecule has 0 atom stereocenters. The van der Waals surface area contributed by atoms with Crippen molar-refractivity contribution in [2.24, 2.45) is 10.3 Å². The lowest BCUT2D eigenvalue weighted by molar-refractivity contribution is 0.0410. The molecule has 0 bridgehead atoms. The first-order valence-corrected chi connectivity index (χ1v) is 11.0. The third-order valence-electron chi connectivity index (χ3n) is 4.88. The molecule has 0 aromatic heterocycles. The lowest BCUT2D eigenvalue weighted by atomic mass is 9.90. The van der Waals surface area contributed by atoms with Crippen LogP contribution in [0, 0.1) is 5.92 Å². The number of hydrogen-bond donors (Lipinski definition) is 0. The number of sulfonamides is 1. The van der Waals surface area contributed by atoms with Crippen molar-refractivity contribution in [2.75, 3.05) is 23.8 Å². The molecule has 0 amide bonds. The molecule has 134 valence electrons. The van der Waals surface area contributed by atoms with E-state index in [0.29, 0.717) is 29.8 Å². The highest BCUT2D eigenvalue weighted by atomic mass is 32.2. The van der Waals surface area contributed by atoms with Crippen molar-refractivity contribution in [3.05, 3.63) is 23.8 Å². The molecule has 1 fully saturated rings. The Morgan fingerprint density at radius 1 is 1.28 bits per heavy atom. The molecule has 1 aliphatic carbocycles. The normalized spacial score (nSPS) is 22.1. The number of thioether (sulfide) groups is 1. The average molecular weight is 380 g/mol. The number of amidine groups is 1. The molecule has 1 aromatic carbocycles. The molecule has 2 heterocycles. The second kappa shape index (κ2) is 6.64. The van der Waals surface area contributed by atoms with Crippen LogP contribution < -0.4 is 4.90 Å². The summed E-state index contributed by atoms with van der Waals surface area (Å²) in [6.07, 6.45) is 5.99. The predicted octanol–water partition coefficient (Wildman–Crippen LogP) is 3.04. The summed E-state index contributed by atoms with van der Waals surface area (Å²) in [5, 5.41) is 0.467. The van der Waals surface area contributed by atoms with Crippen molar-refractivity contribution in [3.8, 4) is 0 Å². The summed E-state index contributed by atoms with van der Waals surface area (Å²) < 4.78 is 32.6. The van der Waals surface area contributed by atoms with Crippen molar-refractivity contribution in [3.63, 3.8) is 0 Å². The van der Waals surface area contributed by atoms with Gasteiger partial charge in [-0.25, -0.2) is 13.2 Å². The van der Waals surface area contributed by atoms with Crippen molar-refractivity contribution < 1.29 is 17.9 Å². The lowest BCUT2D eigenvalue weighted by Crippen LogP contribution is -2.35. The van der Waals surface area contributed by atoms with Gasteiger partial charge in [0.15, 0.2) is 5.17 Å². The van der Waals surface area contributed by atoms with Gasteiger partial charge < -0.3 is 9.64 Å². The fraction of sp³-hybridized carbons (Fsp3) is 0.529. The number of carbonyl (C=O) groups excluding carboxylic acids is 1. The summed E-state index contributed by atoms with van der Waals surface area (Å²) in [6.45, 7) is 0.882. The van der Waals surface area contributed by atoms with E-state index in [2.05, 4.69) is 4.40 Å². The van der Waals surface area contributed by atoms with Gasteiger partial charge in [-0.2, -0.15) is 0 Å². The van der Waals surface area contributed by atoms with Gasteiger partial charge in [0.2, 0.25) is 0 Å². The Labute approximate surface area is 151 Å². The van der Waals surface area contributed by atoms with Crippen LogP contribution in [0.5, 0.6) is 0 Å². The molecule has 0 unspecified atom stereocenters. The maximum atomic E-state index is 12.3. The molecular formula is C17H20N2O4S2. The number of benzene rings is 1. The fourth-order valence-corrected chi connectivity index (χ4v) is 5.78. The van der Waals surface area contributed by atoms with Gasteiger partial charge in [-0.3, -0.25) is 0 Å². The molecule has 6 nitrogen and oxygen atoms in total. The second-order valence-corrected chi connectivity index (χ2v) is 9.46. The molecule has 0 spiro atoms. The maximum Gasteiger partial charge on any atom is 0.338 e. The third-order valence-corrected chi connectivity index (χ3v) is 7.19. The van der Waals surface area contributed by atoms with Crippen LogP contribution in [0.15, 0.2) is 27.5 Å². The number of anilines is 1. The molecular weight excluding hydrogens is 360 g/mol. The minimum atomic E-state index is -3.37. The van der Waals surface area contributed by atoms with Crippen molar-refractivity contribution in [1.29, 1.82) is 0 Å². The largest absolute Gasteiger partial charge is 0.462 e. The van der Waals surface area contributed by atoms with E-state index in [0.717, 1.165) is 23.4 Å². The van der Waals surface area contributed by atoms with E-state index in [-0.39, 0.29) is 11.7 Å². The van der Waals surface area contributed by atoms with E-state index in [9.17, 15) is 13.2 Å². The highest BCUT2D eigenvalue weighted by Gasteiger charge is 2.33. The summed E-state index contributed by atoms with van der Waals surface area (Å²) in [5.41, 5.74) is 1.41. The van der Waals surface area contributed by atoms with Gasteiger partial charge in [0.1, 0.15) is 0 Å². The van der Waals surface area contributed by atoms with Crippen molar-refractivity contribution in [2.45, 2.75) is 37.0 Å². The zero-order chi connectivity index (χ0) is 17.4. The van der Waals surface area contributed by atoms with E-state index in [1.165, 1.54) is 31.0 Å². The van der Waals surface area contributed by atoms with Crippen LogP contribution in [-0.4, -0.2) is 38.5 Å². The monoisotopic (exact) mass is 380 g/mol. The highest BCUT2D eigenvalue weighted by molar-refractivity contribution is 8.15. The first-order valence-electron chi connectivity index (χ1n) is 8.61. The summed E-state index contributed by atoms with van der Waals surface area (Å²) in [4.78, 5) is 15.1. The number of fused-ring (bicyclic) bond motifs is 3. The van der Waals surface area contributed by atoms with Crippen LogP contribution in [0.1, 0.15) is 42.5 Å². The minimum absolute atomic E-state index is 0.0156. The Kier molecular flexibility index (Phi) is 4.49. The van der Waals surface area contributed by atoms with Crippen LogP contribution in [-0.2, 0) is 14.8 Å². The highest BCUT2D eigenvalue weighted by Crippen LogP contribution is 2.42. The average Bonchev–Trinajstić information content (AvgIpc) is 2.95. The second-order valence-electron chi connectivity index (χ2n) is 6.70. The molecule has 2 aliphatic heterocycles. The third kappa shape index (κ3) is 3.55. The van der Waals surface area contributed by atoms with Crippen LogP contribution in [0.3, 0.4) is 0 Å². The van der Waals surface area contributed by atoms with E-state index in [4.69, 9.17) is 4.74 Å². The summed E-state index contributed by atoms with van der Waals surface area (Å²) in [6, 6.07) is 5.37. The van der Waals surface area contributed by atoms with Gasteiger partial charge in [-0.05, 0) is 48.7 Å². The molecule has 25 heavy (non-hydrogen) atoms. The summed E-state index contributed by atoms with van der Waals surface area (Å²) >= 11 is 1.29. The standard InChI is InChI=1S/C17H20N2O4S2/c20-16(23-11-12-4-2-1-3-5-12)13-6-7-14-15(10-13)24-17-18-25(21,22)9-8-19(14)17/h6-7,10,12H,1-5,8-9,11H2. The van der Waals surface area contributed by atoms with Gasteiger partial charge in [0.05, 0.1) is 23.6 Å². The Morgan fingerprint density at radius 2 is 2.08 bits per heavy atom. The lowest BCUT2D eigenvalue weighted by Gasteiger charge is -2.22. The Hall–Kier alpha value is -1.54. The molecule has 1 aromatic rings. The number of rotatable bonds is 3. The van der Waals surface area contributed by atoms with E-state index in [1.807, 2.05) is 11.0 Å². The Balaban J connectivity index is 1.47. The first kappa shape index (κ1) is 16.9. The van der Waals surface area contributed by atoms with Gasteiger partial charge in [-0.15, -0.1) is 4.40 Å². The molecule has 3 aliphatic rings. The zero-order valence-electron chi connectivity index (χ0n) is 13.8. The van der Waals surface area contributed by atoms with Crippen LogP contribution in [0.4, 0.5) is 5.69 Å². The minimum Gasteiger partial charge on any atom is -0.462 e. The molecule has 0 saturated heterocycles. The quantitative estimate of drug-likeness (QED) is 0.750. The SMILES string of the molecule is O=C(OCC1CCCCC1)c1ccc2c(c1)SC1=NS(=O)(=O)CCN12. The van der Waals surface area contributed by atoms with E-state index >= 15 is 0 Å². The van der Waals surface area contributed by atoms with Gasteiger partial charge in [0, 0.05) is 11.4 Å². The summed E-state index contributed by atoms with van der Waals surface area (Å²) in [7, 11) is -3.37. The Morgan fingerprint density at radius 3 is 2.88 bits per heavy atom. The number of ether oxygens (including phenoxy) is 1. The van der Waals surface area contributed by atoms with Crippen molar-refractivity contribution >= 4 is 38.6 Å².